The summed E-state index contributed by atoms with van der Waals surface area (Å²) in [5, 5.41) is 3.90. The Morgan fingerprint density at radius 3 is 2.75 bits per heavy atom. The second kappa shape index (κ2) is 6.57. The number of ether oxygens (including phenoxy) is 1. The van der Waals surface area contributed by atoms with Crippen molar-refractivity contribution in [1.29, 1.82) is 0 Å². The summed E-state index contributed by atoms with van der Waals surface area (Å²) >= 11 is 5.98. The highest BCUT2D eigenvalue weighted by molar-refractivity contribution is 6.30. The van der Waals surface area contributed by atoms with Gasteiger partial charge in [-0.15, -0.1) is 0 Å². The van der Waals surface area contributed by atoms with Crippen molar-refractivity contribution in [3.05, 3.63) is 35.0 Å². The highest BCUT2D eigenvalue weighted by Gasteiger charge is 2.11. The van der Waals surface area contributed by atoms with E-state index in [-0.39, 0.29) is 0 Å². The summed E-state index contributed by atoms with van der Waals surface area (Å²) in [6.07, 6.45) is 1.04. The van der Waals surface area contributed by atoms with E-state index in [0.717, 1.165) is 30.0 Å². The van der Waals surface area contributed by atoms with Crippen LogP contribution in [0.2, 0.25) is 5.02 Å². The monoisotopic (exact) mass is 291 g/mol. The van der Waals surface area contributed by atoms with Gasteiger partial charge in [0.15, 0.2) is 5.82 Å². The minimum Gasteiger partial charge on any atom is -0.496 e. The van der Waals surface area contributed by atoms with Crippen molar-refractivity contribution in [3.8, 4) is 17.1 Å². The molecule has 2 aromatic rings. The van der Waals surface area contributed by atoms with E-state index in [1.54, 1.807) is 13.2 Å². The van der Waals surface area contributed by atoms with Gasteiger partial charge >= 0.3 is 0 Å². The van der Waals surface area contributed by atoms with Crippen molar-refractivity contribution in [2.45, 2.75) is 20.3 Å². The number of hydrogen-bond donors (Lipinski definition) is 1. The molecule has 0 atom stereocenters. The first kappa shape index (κ1) is 14.6. The number of rotatable bonds is 5. The lowest BCUT2D eigenvalue weighted by Crippen LogP contribution is -2.04. The topological polar surface area (TPSA) is 47.0 Å². The zero-order valence-electron chi connectivity index (χ0n) is 11.9. The number of hydrogen-bond acceptors (Lipinski definition) is 4. The third kappa shape index (κ3) is 3.39. The number of nitrogens with zero attached hydrogens (tertiary/aromatic N) is 2. The minimum atomic E-state index is 0.627. The first-order chi connectivity index (χ1) is 9.63. The second-order valence-electron chi connectivity index (χ2n) is 4.49. The Balaban J connectivity index is 2.44. The molecular weight excluding hydrogens is 274 g/mol. The standard InChI is InChI=1S/C15H18ClN3O/c1-4-7-17-14-8-10(2)18-15(19-14)12-6-5-11(16)9-13(12)20-3/h5-6,8-9H,4,7H2,1-3H3,(H,17,18,19). The van der Waals surface area contributed by atoms with Gasteiger partial charge in [-0.25, -0.2) is 9.97 Å². The summed E-state index contributed by atoms with van der Waals surface area (Å²) < 4.78 is 5.36. The van der Waals surface area contributed by atoms with Crippen molar-refractivity contribution in [3.63, 3.8) is 0 Å². The maximum Gasteiger partial charge on any atom is 0.165 e. The van der Waals surface area contributed by atoms with Crippen LogP contribution in [0.5, 0.6) is 5.75 Å². The molecule has 106 valence electrons. The Bertz CT molecular complexity index is 602. The normalized spacial score (nSPS) is 10.4. The third-order valence-corrected chi connectivity index (χ3v) is 3.05. The van der Waals surface area contributed by atoms with Crippen LogP contribution < -0.4 is 10.1 Å². The summed E-state index contributed by atoms with van der Waals surface area (Å²) in [7, 11) is 1.61. The zero-order chi connectivity index (χ0) is 14.5. The molecule has 0 aliphatic carbocycles. The molecule has 0 saturated heterocycles. The predicted molar refractivity (Wildman–Crippen MR) is 82.5 cm³/mol. The molecule has 0 radical (unpaired) electrons. The van der Waals surface area contributed by atoms with Crippen LogP contribution in [0, 0.1) is 6.92 Å². The van der Waals surface area contributed by atoms with Crippen LogP contribution in [0.1, 0.15) is 19.0 Å². The van der Waals surface area contributed by atoms with E-state index in [1.165, 1.54) is 0 Å². The SMILES string of the molecule is CCCNc1cc(C)nc(-c2ccc(Cl)cc2OC)n1. The van der Waals surface area contributed by atoms with Crippen LogP contribution >= 0.6 is 11.6 Å². The van der Waals surface area contributed by atoms with E-state index in [9.17, 15) is 0 Å². The van der Waals surface area contributed by atoms with Crippen LogP contribution in [0.15, 0.2) is 24.3 Å². The molecule has 1 heterocycles. The average molecular weight is 292 g/mol. The summed E-state index contributed by atoms with van der Waals surface area (Å²) in [4.78, 5) is 9.01. The minimum absolute atomic E-state index is 0.627. The Labute approximate surface area is 124 Å². The van der Waals surface area contributed by atoms with Gasteiger partial charge in [0.1, 0.15) is 11.6 Å². The van der Waals surface area contributed by atoms with Crippen LogP contribution in [0.3, 0.4) is 0 Å². The Kier molecular flexibility index (Phi) is 4.79. The fraction of sp³-hybridized carbons (Fsp3) is 0.333. The van der Waals surface area contributed by atoms with Crippen molar-refractivity contribution in [2.24, 2.45) is 0 Å². The van der Waals surface area contributed by atoms with Crippen molar-refractivity contribution >= 4 is 17.4 Å². The summed E-state index contributed by atoms with van der Waals surface area (Å²) in [6, 6.07) is 7.38. The lowest BCUT2D eigenvalue weighted by molar-refractivity contribution is 0.416. The molecule has 1 aromatic heterocycles. The van der Waals surface area contributed by atoms with Crippen LogP contribution in [-0.2, 0) is 0 Å². The number of methoxy groups -OCH3 is 1. The van der Waals surface area contributed by atoms with Gasteiger partial charge in [0, 0.05) is 23.3 Å². The Morgan fingerprint density at radius 1 is 1.25 bits per heavy atom. The second-order valence-corrected chi connectivity index (χ2v) is 4.93. The fourth-order valence-electron chi connectivity index (χ4n) is 1.88. The molecule has 0 unspecified atom stereocenters. The molecule has 20 heavy (non-hydrogen) atoms. The Hall–Kier alpha value is -1.81. The van der Waals surface area contributed by atoms with Gasteiger partial charge in [0.05, 0.1) is 12.7 Å². The first-order valence-electron chi connectivity index (χ1n) is 6.57. The highest BCUT2D eigenvalue weighted by atomic mass is 35.5. The molecule has 5 heteroatoms. The number of aryl methyl sites for hydroxylation is 1. The van der Waals surface area contributed by atoms with Gasteiger partial charge in [-0.2, -0.15) is 0 Å². The van der Waals surface area contributed by atoms with Gasteiger partial charge in [-0.1, -0.05) is 18.5 Å². The van der Waals surface area contributed by atoms with E-state index in [4.69, 9.17) is 16.3 Å². The van der Waals surface area contributed by atoms with E-state index in [1.807, 2.05) is 25.1 Å². The summed E-state index contributed by atoms with van der Waals surface area (Å²) in [5.74, 6) is 2.13. The van der Waals surface area contributed by atoms with Crippen molar-refractivity contribution in [1.82, 2.24) is 9.97 Å². The summed E-state index contributed by atoms with van der Waals surface area (Å²) in [5.41, 5.74) is 1.74. The molecule has 4 nitrogen and oxygen atoms in total. The Morgan fingerprint density at radius 2 is 2.05 bits per heavy atom. The molecule has 1 N–H and O–H groups in total. The molecule has 2 rings (SSSR count). The number of nitrogens with one attached hydrogen (secondary N) is 1. The summed E-state index contributed by atoms with van der Waals surface area (Å²) in [6.45, 7) is 4.95. The van der Waals surface area contributed by atoms with E-state index < -0.39 is 0 Å². The molecule has 0 bridgehead atoms. The van der Waals surface area contributed by atoms with Crippen LogP contribution in [-0.4, -0.2) is 23.6 Å². The van der Waals surface area contributed by atoms with E-state index >= 15 is 0 Å². The first-order valence-corrected chi connectivity index (χ1v) is 6.95. The van der Waals surface area contributed by atoms with Gasteiger partial charge in [0.25, 0.3) is 0 Å². The van der Waals surface area contributed by atoms with Crippen LogP contribution in [0.25, 0.3) is 11.4 Å². The van der Waals surface area contributed by atoms with E-state index in [0.29, 0.717) is 16.6 Å². The van der Waals surface area contributed by atoms with Crippen molar-refractivity contribution < 1.29 is 4.74 Å². The molecule has 0 amide bonds. The highest BCUT2D eigenvalue weighted by Crippen LogP contribution is 2.30. The smallest absolute Gasteiger partial charge is 0.165 e. The number of halogens is 1. The maximum atomic E-state index is 5.98. The van der Waals surface area contributed by atoms with E-state index in [2.05, 4.69) is 22.2 Å². The molecular formula is C15H18ClN3O. The predicted octanol–water partition coefficient (Wildman–Crippen LogP) is 3.94. The molecule has 0 saturated carbocycles. The molecule has 0 aliphatic rings. The average Bonchev–Trinajstić information content (AvgIpc) is 2.44. The molecule has 0 aliphatic heterocycles. The lowest BCUT2D eigenvalue weighted by Gasteiger charge is -2.11. The molecule has 1 aromatic carbocycles. The van der Waals surface area contributed by atoms with Gasteiger partial charge in [-0.05, 0) is 31.5 Å². The number of anilines is 1. The fourth-order valence-corrected chi connectivity index (χ4v) is 2.04. The van der Waals surface area contributed by atoms with Crippen LogP contribution in [0.4, 0.5) is 5.82 Å². The lowest BCUT2D eigenvalue weighted by atomic mass is 10.2. The quantitative estimate of drug-likeness (QED) is 0.906. The van der Waals surface area contributed by atoms with Gasteiger partial charge < -0.3 is 10.1 Å². The number of aromatic nitrogens is 2. The third-order valence-electron chi connectivity index (χ3n) is 2.81. The van der Waals surface area contributed by atoms with Gasteiger partial charge in [0.2, 0.25) is 0 Å². The molecule has 0 fully saturated rings. The maximum absolute atomic E-state index is 5.98. The molecule has 0 spiro atoms. The largest absolute Gasteiger partial charge is 0.496 e. The zero-order valence-corrected chi connectivity index (χ0v) is 12.7. The number of benzene rings is 1. The van der Waals surface area contributed by atoms with Crippen molar-refractivity contribution in [2.75, 3.05) is 19.0 Å². The van der Waals surface area contributed by atoms with Gasteiger partial charge in [-0.3, -0.25) is 0 Å².